The Morgan fingerprint density at radius 2 is 1.69 bits per heavy atom. The molecule has 98 valence electrons. The van der Waals surface area contributed by atoms with Gasteiger partial charge in [-0.15, -0.1) is 0 Å². The quantitative estimate of drug-likeness (QED) is 0.607. The lowest BCUT2D eigenvalue weighted by molar-refractivity contribution is 0.544. The molecule has 0 heterocycles. The molecule has 0 unspecified atom stereocenters. The van der Waals surface area contributed by atoms with Gasteiger partial charge in [0, 0.05) is 12.6 Å². The zero-order valence-electron chi connectivity index (χ0n) is 10.9. The van der Waals surface area contributed by atoms with Crippen LogP contribution < -0.4 is 10.0 Å². The van der Waals surface area contributed by atoms with Gasteiger partial charge in [0.15, 0.2) is 0 Å². The van der Waals surface area contributed by atoms with Crippen LogP contribution in [0.1, 0.15) is 40.5 Å². The van der Waals surface area contributed by atoms with Gasteiger partial charge < -0.3 is 5.32 Å². The van der Waals surface area contributed by atoms with Gasteiger partial charge in [0.2, 0.25) is 10.0 Å². The second kappa shape index (κ2) is 8.03. The number of nitrogens with one attached hydrogen (secondary N) is 2. The minimum atomic E-state index is -3.07. The van der Waals surface area contributed by atoms with Crippen molar-refractivity contribution < 1.29 is 8.42 Å². The van der Waals surface area contributed by atoms with Crippen molar-refractivity contribution in [2.45, 2.75) is 46.6 Å². The van der Waals surface area contributed by atoms with Crippen LogP contribution in [0.25, 0.3) is 0 Å². The molecule has 0 bridgehead atoms. The van der Waals surface area contributed by atoms with Crippen LogP contribution >= 0.6 is 0 Å². The molecule has 0 spiro atoms. The van der Waals surface area contributed by atoms with Crippen molar-refractivity contribution in [1.82, 2.24) is 10.0 Å². The Kier molecular flexibility index (Phi) is 7.97. The van der Waals surface area contributed by atoms with Crippen LogP contribution in [-0.2, 0) is 10.0 Å². The topological polar surface area (TPSA) is 58.2 Å². The van der Waals surface area contributed by atoms with E-state index in [4.69, 9.17) is 0 Å². The van der Waals surface area contributed by atoms with Gasteiger partial charge >= 0.3 is 0 Å². The van der Waals surface area contributed by atoms with Crippen LogP contribution in [0, 0.1) is 5.92 Å². The predicted molar refractivity (Wildman–Crippen MR) is 69.0 cm³/mol. The molecule has 0 aromatic heterocycles. The molecular formula is C11H26N2O2S. The van der Waals surface area contributed by atoms with Crippen molar-refractivity contribution in [2.75, 3.05) is 18.8 Å². The highest BCUT2D eigenvalue weighted by Crippen LogP contribution is 1.98. The summed E-state index contributed by atoms with van der Waals surface area (Å²) >= 11 is 0. The second-order valence-corrected chi connectivity index (χ2v) is 6.78. The predicted octanol–water partition coefficient (Wildman–Crippen LogP) is 1.34. The zero-order valence-corrected chi connectivity index (χ0v) is 11.7. The van der Waals surface area contributed by atoms with Crippen LogP contribution in [0.5, 0.6) is 0 Å². The van der Waals surface area contributed by atoms with E-state index in [9.17, 15) is 8.42 Å². The van der Waals surface area contributed by atoms with E-state index in [-0.39, 0.29) is 5.75 Å². The molecule has 16 heavy (non-hydrogen) atoms. The van der Waals surface area contributed by atoms with Crippen LogP contribution in [0.2, 0.25) is 0 Å². The maximum atomic E-state index is 11.5. The van der Waals surface area contributed by atoms with Gasteiger partial charge in [-0.1, -0.05) is 27.7 Å². The fraction of sp³-hybridized carbons (Fsp3) is 1.00. The molecule has 0 aliphatic carbocycles. The van der Waals surface area contributed by atoms with Crippen molar-refractivity contribution in [3.05, 3.63) is 0 Å². The maximum Gasteiger partial charge on any atom is 0.211 e. The van der Waals surface area contributed by atoms with E-state index >= 15 is 0 Å². The smallest absolute Gasteiger partial charge is 0.211 e. The normalized spacial score (nSPS) is 12.6. The first-order valence-electron chi connectivity index (χ1n) is 6.04. The van der Waals surface area contributed by atoms with E-state index in [1.807, 2.05) is 0 Å². The van der Waals surface area contributed by atoms with Crippen molar-refractivity contribution in [3.63, 3.8) is 0 Å². The molecular weight excluding hydrogens is 224 g/mol. The highest BCUT2D eigenvalue weighted by Gasteiger charge is 2.09. The average molecular weight is 250 g/mol. The number of rotatable bonds is 9. The molecule has 0 aliphatic heterocycles. The summed E-state index contributed by atoms with van der Waals surface area (Å²) in [6.45, 7) is 9.58. The van der Waals surface area contributed by atoms with Gasteiger partial charge in [-0.05, 0) is 25.3 Å². The second-order valence-electron chi connectivity index (χ2n) is 4.86. The third kappa shape index (κ3) is 10.4. The minimum absolute atomic E-state index is 0.213. The summed E-state index contributed by atoms with van der Waals surface area (Å²) in [6.07, 6.45) is 1.55. The SMILES string of the molecule is CC(C)CCNS(=O)(=O)CCCNC(C)C. The Bertz CT molecular complexity index is 261. The standard InChI is InChI=1S/C11H26N2O2S/c1-10(2)6-8-13-16(14,15)9-5-7-12-11(3)4/h10-13H,5-9H2,1-4H3. The molecule has 0 rings (SSSR count). The lowest BCUT2D eigenvalue weighted by Gasteiger charge is -2.10. The van der Waals surface area contributed by atoms with Gasteiger partial charge in [-0.3, -0.25) is 0 Å². The van der Waals surface area contributed by atoms with Crippen LogP contribution in [-0.4, -0.2) is 33.3 Å². The minimum Gasteiger partial charge on any atom is -0.314 e. The molecule has 5 heteroatoms. The molecule has 0 radical (unpaired) electrons. The van der Waals surface area contributed by atoms with E-state index in [1.165, 1.54) is 0 Å². The Morgan fingerprint density at radius 3 is 2.19 bits per heavy atom. The summed E-state index contributed by atoms with van der Waals surface area (Å²) in [5, 5.41) is 3.20. The molecule has 0 saturated carbocycles. The Balaban J connectivity index is 3.63. The Hall–Kier alpha value is -0.130. The van der Waals surface area contributed by atoms with Crippen LogP contribution in [0.4, 0.5) is 0 Å². The summed E-state index contributed by atoms with van der Waals surface area (Å²) in [6, 6.07) is 0.414. The fourth-order valence-corrected chi connectivity index (χ4v) is 2.33. The van der Waals surface area contributed by atoms with Gasteiger partial charge in [-0.25, -0.2) is 13.1 Å². The van der Waals surface area contributed by atoms with Crippen molar-refractivity contribution in [2.24, 2.45) is 5.92 Å². The van der Waals surface area contributed by atoms with Gasteiger partial charge in [0.05, 0.1) is 5.75 Å². The molecule has 0 aromatic carbocycles. The van der Waals surface area contributed by atoms with E-state index < -0.39 is 10.0 Å². The van der Waals surface area contributed by atoms with E-state index in [0.717, 1.165) is 13.0 Å². The van der Waals surface area contributed by atoms with Gasteiger partial charge in [0.25, 0.3) is 0 Å². The van der Waals surface area contributed by atoms with Gasteiger partial charge in [-0.2, -0.15) is 0 Å². The van der Waals surface area contributed by atoms with Crippen LogP contribution in [0.3, 0.4) is 0 Å². The van der Waals surface area contributed by atoms with E-state index in [2.05, 4.69) is 37.7 Å². The van der Waals surface area contributed by atoms with E-state index in [1.54, 1.807) is 0 Å². The summed E-state index contributed by atoms with van der Waals surface area (Å²) < 4.78 is 25.7. The molecule has 0 aromatic rings. The average Bonchev–Trinajstić information content (AvgIpc) is 2.11. The fourth-order valence-electron chi connectivity index (χ4n) is 1.23. The van der Waals surface area contributed by atoms with Crippen molar-refractivity contribution in [1.29, 1.82) is 0 Å². The third-order valence-electron chi connectivity index (χ3n) is 2.19. The summed E-state index contributed by atoms with van der Waals surface area (Å²) in [7, 11) is -3.07. The summed E-state index contributed by atoms with van der Waals surface area (Å²) in [5.74, 6) is 0.746. The first-order valence-corrected chi connectivity index (χ1v) is 7.69. The van der Waals surface area contributed by atoms with Crippen LogP contribution in [0.15, 0.2) is 0 Å². The maximum absolute atomic E-state index is 11.5. The van der Waals surface area contributed by atoms with Gasteiger partial charge in [0.1, 0.15) is 0 Å². The monoisotopic (exact) mass is 250 g/mol. The van der Waals surface area contributed by atoms with Crippen molar-refractivity contribution in [3.8, 4) is 0 Å². The number of hydrogen-bond donors (Lipinski definition) is 2. The number of hydrogen-bond acceptors (Lipinski definition) is 3. The lowest BCUT2D eigenvalue weighted by Crippen LogP contribution is -2.31. The Morgan fingerprint density at radius 1 is 1.06 bits per heavy atom. The molecule has 2 N–H and O–H groups in total. The summed E-state index contributed by atoms with van der Waals surface area (Å²) in [4.78, 5) is 0. The highest BCUT2D eigenvalue weighted by molar-refractivity contribution is 7.89. The molecule has 0 fully saturated rings. The Labute approximate surface area is 100 Å². The molecule has 0 amide bonds. The number of sulfonamides is 1. The zero-order chi connectivity index (χ0) is 12.6. The first kappa shape index (κ1) is 15.9. The first-order chi connectivity index (χ1) is 7.33. The molecule has 0 atom stereocenters. The lowest BCUT2D eigenvalue weighted by atomic mass is 10.1. The molecule has 0 aliphatic rings. The van der Waals surface area contributed by atoms with Crippen molar-refractivity contribution >= 4 is 10.0 Å². The third-order valence-corrected chi connectivity index (χ3v) is 3.66. The van der Waals surface area contributed by atoms with E-state index in [0.29, 0.717) is 24.9 Å². The summed E-state index contributed by atoms with van der Waals surface area (Å²) in [5.41, 5.74) is 0. The molecule has 0 saturated heterocycles. The highest BCUT2D eigenvalue weighted by atomic mass is 32.2. The largest absolute Gasteiger partial charge is 0.314 e. The molecule has 4 nitrogen and oxygen atoms in total.